The number of halogens is 2. The molecule has 0 amide bonds. The highest BCUT2D eigenvalue weighted by Crippen LogP contribution is 2.21. The molecule has 3 nitrogen and oxygen atoms in total. The smallest absolute Gasteiger partial charge is 0.169 e. The van der Waals surface area contributed by atoms with Gasteiger partial charge in [0.05, 0.1) is 19.3 Å². The summed E-state index contributed by atoms with van der Waals surface area (Å²) in [5.41, 5.74) is 0. The van der Waals surface area contributed by atoms with Gasteiger partial charge in [-0.2, -0.15) is 0 Å². The van der Waals surface area contributed by atoms with E-state index in [1.54, 1.807) is 0 Å². The van der Waals surface area contributed by atoms with Crippen molar-refractivity contribution in [3.05, 3.63) is 22.6 Å². The molecular weight excluding hydrogens is 257 g/mol. The maximum Gasteiger partial charge on any atom is 0.169 e. The van der Waals surface area contributed by atoms with E-state index in [4.69, 9.17) is 9.15 Å². The molecular formula is C8H11BrClNO2. The molecule has 0 aliphatic carbocycles. The van der Waals surface area contributed by atoms with Gasteiger partial charge in [0.1, 0.15) is 5.76 Å². The molecule has 0 spiro atoms. The van der Waals surface area contributed by atoms with Gasteiger partial charge in [0, 0.05) is 6.54 Å². The van der Waals surface area contributed by atoms with Crippen molar-refractivity contribution in [2.45, 2.75) is 6.04 Å². The third kappa shape index (κ3) is 2.71. The summed E-state index contributed by atoms with van der Waals surface area (Å²) in [5, 5.41) is 3.31. The number of rotatable bonds is 1. The van der Waals surface area contributed by atoms with Gasteiger partial charge in [-0.05, 0) is 28.1 Å². The first-order valence-corrected chi connectivity index (χ1v) is 4.72. The van der Waals surface area contributed by atoms with Crippen LogP contribution in [0.4, 0.5) is 0 Å². The standard InChI is InChI=1S/C8H10BrNO2.ClH/c9-8-2-1-7(12-8)6-5-11-4-3-10-6;/h1-2,6,10H,3-5H2;1H/t6-;/m1./s1. The minimum Gasteiger partial charge on any atom is -0.453 e. The van der Waals surface area contributed by atoms with E-state index in [9.17, 15) is 0 Å². The number of nitrogens with one attached hydrogen (secondary N) is 1. The zero-order valence-corrected chi connectivity index (χ0v) is 9.36. The van der Waals surface area contributed by atoms with Crippen molar-refractivity contribution >= 4 is 28.3 Å². The van der Waals surface area contributed by atoms with Crippen LogP contribution in [0.15, 0.2) is 21.2 Å². The Kier molecular flexibility index (Phi) is 4.25. The van der Waals surface area contributed by atoms with Crippen LogP contribution in [0, 0.1) is 0 Å². The Morgan fingerprint density at radius 3 is 2.85 bits per heavy atom. The highest BCUT2D eigenvalue weighted by atomic mass is 79.9. The lowest BCUT2D eigenvalue weighted by molar-refractivity contribution is 0.0696. The van der Waals surface area contributed by atoms with Gasteiger partial charge in [0.15, 0.2) is 4.67 Å². The summed E-state index contributed by atoms with van der Waals surface area (Å²) in [6.07, 6.45) is 0. The van der Waals surface area contributed by atoms with Crippen molar-refractivity contribution < 1.29 is 9.15 Å². The molecule has 1 fully saturated rings. The van der Waals surface area contributed by atoms with Crippen LogP contribution in [0.5, 0.6) is 0 Å². The number of ether oxygens (including phenoxy) is 1. The lowest BCUT2D eigenvalue weighted by Crippen LogP contribution is -2.34. The Bertz CT molecular complexity index is 260. The minimum atomic E-state index is 0. The van der Waals surface area contributed by atoms with Crippen molar-refractivity contribution in [1.82, 2.24) is 5.32 Å². The van der Waals surface area contributed by atoms with Gasteiger partial charge < -0.3 is 14.5 Å². The number of hydrogen-bond acceptors (Lipinski definition) is 3. The van der Waals surface area contributed by atoms with Gasteiger partial charge in [-0.25, -0.2) is 0 Å². The molecule has 0 radical (unpaired) electrons. The Hall–Kier alpha value is -0.0300. The van der Waals surface area contributed by atoms with Crippen molar-refractivity contribution in [1.29, 1.82) is 0 Å². The normalized spacial score (nSPS) is 22.4. The molecule has 5 heteroatoms. The molecule has 0 aromatic carbocycles. The van der Waals surface area contributed by atoms with Crippen LogP contribution in [0.3, 0.4) is 0 Å². The van der Waals surface area contributed by atoms with E-state index in [2.05, 4.69) is 21.2 Å². The van der Waals surface area contributed by atoms with Gasteiger partial charge >= 0.3 is 0 Å². The largest absolute Gasteiger partial charge is 0.453 e. The topological polar surface area (TPSA) is 34.4 Å². The van der Waals surface area contributed by atoms with E-state index in [-0.39, 0.29) is 18.4 Å². The minimum absolute atomic E-state index is 0. The van der Waals surface area contributed by atoms with Crippen molar-refractivity contribution in [2.75, 3.05) is 19.8 Å². The highest BCUT2D eigenvalue weighted by molar-refractivity contribution is 9.10. The summed E-state index contributed by atoms with van der Waals surface area (Å²) in [5.74, 6) is 0.932. The van der Waals surface area contributed by atoms with Gasteiger partial charge in [0.2, 0.25) is 0 Å². The Labute approximate surface area is 91.4 Å². The summed E-state index contributed by atoms with van der Waals surface area (Å²) in [6, 6.07) is 4.06. The van der Waals surface area contributed by atoms with E-state index >= 15 is 0 Å². The molecule has 1 N–H and O–H groups in total. The SMILES string of the molecule is Brc1ccc([C@H]2COCCN2)o1.Cl. The van der Waals surface area contributed by atoms with Crippen LogP contribution < -0.4 is 5.32 Å². The van der Waals surface area contributed by atoms with Crippen LogP contribution in [-0.2, 0) is 4.74 Å². The van der Waals surface area contributed by atoms with E-state index in [1.807, 2.05) is 12.1 Å². The summed E-state index contributed by atoms with van der Waals surface area (Å²) in [7, 11) is 0. The number of hydrogen-bond donors (Lipinski definition) is 1. The third-order valence-electron chi connectivity index (χ3n) is 1.86. The predicted molar refractivity (Wildman–Crippen MR) is 55.2 cm³/mol. The molecule has 74 valence electrons. The molecule has 2 rings (SSSR count). The fourth-order valence-electron chi connectivity index (χ4n) is 1.26. The molecule has 0 unspecified atom stereocenters. The Morgan fingerprint density at radius 2 is 2.31 bits per heavy atom. The van der Waals surface area contributed by atoms with Gasteiger partial charge in [-0.3, -0.25) is 0 Å². The number of furan rings is 1. The summed E-state index contributed by atoms with van der Waals surface area (Å²) >= 11 is 3.26. The average molecular weight is 269 g/mol. The maximum atomic E-state index is 5.40. The fraction of sp³-hybridized carbons (Fsp3) is 0.500. The second-order valence-electron chi connectivity index (χ2n) is 2.72. The van der Waals surface area contributed by atoms with Crippen molar-refractivity contribution in [3.63, 3.8) is 0 Å². The highest BCUT2D eigenvalue weighted by Gasteiger charge is 2.17. The average Bonchev–Trinajstić information content (AvgIpc) is 2.54. The first-order chi connectivity index (χ1) is 5.86. The molecule has 13 heavy (non-hydrogen) atoms. The monoisotopic (exact) mass is 267 g/mol. The van der Waals surface area contributed by atoms with Gasteiger partial charge in [0.25, 0.3) is 0 Å². The molecule has 1 aromatic rings. The summed E-state index contributed by atoms with van der Waals surface area (Å²) in [6.45, 7) is 2.38. The number of morpholine rings is 1. The molecule has 1 saturated heterocycles. The van der Waals surface area contributed by atoms with E-state index in [0.29, 0.717) is 6.61 Å². The van der Waals surface area contributed by atoms with Crippen molar-refractivity contribution in [3.8, 4) is 0 Å². The lowest BCUT2D eigenvalue weighted by Gasteiger charge is -2.21. The first kappa shape index (κ1) is 11.0. The molecule has 1 aliphatic rings. The van der Waals surface area contributed by atoms with Gasteiger partial charge in [-0.1, -0.05) is 0 Å². The third-order valence-corrected chi connectivity index (χ3v) is 2.29. The van der Waals surface area contributed by atoms with E-state index < -0.39 is 0 Å². The summed E-state index contributed by atoms with van der Waals surface area (Å²) < 4.78 is 11.5. The Balaban J connectivity index is 0.000000845. The molecule has 1 aromatic heterocycles. The van der Waals surface area contributed by atoms with Crippen molar-refractivity contribution in [2.24, 2.45) is 0 Å². The van der Waals surface area contributed by atoms with E-state index in [0.717, 1.165) is 23.6 Å². The van der Waals surface area contributed by atoms with Gasteiger partial charge in [-0.15, -0.1) is 12.4 Å². The van der Waals surface area contributed by atoms with E-state index in [1.165, 1.54) is 0 Å². The molecule has 1 atom stereocenters. The quantitative estimate of drug-likeness (QED) is 0.847. The van der Waals surface area contributed by atoms with Crippen LogP contribution in [0.25, 0.3) is 0 Å². The summed E-state index contributed by atoms with van der Waals surface area (Å²) in [4.78, 5) is 0. The second-order valence-corrected chi connectivity index (χ2v) is 3.51. The Morgan fingerprint density at radius 1 is 1.46 bits per heavy atom. The van der Waals surface area contributed by atoms with Crippen LogP contribution >= 0.6 is 28.3 Å². The van der Waals surface area contributed by atoms with Crippen LogP contribution in [0.2, 0.25) is 0 Å². The van der Waals surface area contributed by atoms with Crippen LogP contribution in [0.1, 0.15) is 11.8 Å². The zero-order valence-electron chi connectivity index (χ0n) is 6.96. The molecule has 2 heterocycles. The molecule has 1 aliphatic heterocycles. The first-order valence-electron chi connectivity index (χ1n) is 3.92. The molecule has 0 saturated carbocycles. The maximum absolute atomic E-state index is 5.40. The van der Waals surface area contributed by atoms with Crippen LogP contribution in [-0.4, -0.2) is 19.8 Å². The molecule has 0 bridgehead atoms. The zero-order chi connectivity index (χ0) is 8.39. The second kappa shape index (κ2) is 5.00. The predicted octanol–water partition coefficient (Wildman–Crippen LogP) is 2.12. The fourth-order valence-corrected chi connectivity index (χ4v) is 1.58. The lowest BCUT2D eigenvalue weighted by atomic mass is 10.2.